The molecule has 0 aliphatic heterocycles. The summed E-state index contributed by atoms with van der Waals surface area (Å²) in [6.07, 6.45) is 7.30. The van der Waals surface area contributed by atoms with Crippen LogP contribution in [-0.4, -0.2) is 4.57 Å². The molecule has 0 saturated heterocycles. The van der Waals surface area contributed by atoms with Crippen LogP contribution >= 0.6 is 0 Å². The average molecular weight is 169 g/mol. The number of hydrogen-bond acceptors (Lipinski definition) is 0. The van der Waals surface area contributed by atoms with Gasteiger partial charge >= 0.3 is 0 Å². The minimum Gasteiger partial charge on any atom is -0.336 e. The van der Waals surface area contributed by atoms with Gasteiger partial charge in [0.25, 0.3) is 0 Å². The Morgan fingerprint density at radius 3 is 3.00 bits per heavy atom. The molecule has 1 aromatic carbocycles. The third-order valence-electron chi connectivity index (χ3n) is 2.19. The Kier molecular flexibility index (Phi) is 1.83. The summed E-state index contributed by atoms with van der Waals surface area (Å²) in [5, 5.41) is 1.26. The van der Waals surface area contributed by atoms with Gasteiger partial charge in [-0.2, -0.15) is 0 Å². The summed E-state index contributed by atoms with van der Waals surface area (Å²) in [6.45, 7) is 2.74. The highest BCUT2D eigenvalue weighted by atomic mass is 14.9. The quantitative estimate of drug-likeness (QED) is 0.578. The van der Waals surface area contributed by atoms with Crippen molar-refractivity contribution < 1.29 is 0 Å². The van der Waals surface area contributed by atoms with E-state index < -0.39 is 0 Å². The summed E-state index contributed by atoms with van der Waals surface area (Å²) in [7, 11) is 0. The molecule has 0 amide bonds. The standard InChI is InChI=1S/C12H11N/c1-3-7-13-8-6-11-9-10(2)4-5-12(11)13/h1,4-6,8-9H,7H2,2H3. The van der Waals surface area contributed by atoms with Crippen LogP contribution in [0.25, 0.3) is 10.9 Å². The van der Waals surface area contributed by atoms with E-state index in [9.17, 15) is 0 Å². The van der Waals surface area contributed by atoms with Crippen molar-refractivity contribution in [2.45, 2.75) is 13.5 Å². The third kappa shape index (κ3) is 1.31. The molecule has 0 aliphatic rings. The molecule has 1 heteroatoms. The van der Waals surface area contributed by atoms with Gasteiger partial charge in [0.15, 0.2) is 0 Å². The molecule has 0 spiro atoms. The third-order valence-corrected chi connectivity index (χ3v) is 2.19. The Hall–Kier alpha value is -1.68. The van der Waals surface area contributed by atoms with Crippen molar-refractivity contribution >= 4 is 10.9 Å². The van der Waals surface area contributed by atoms with Crippen molar-refractivity contribution in [2.24, 2.45) is 0 Å². The van der Waals surface area contributed by atoms with Crippen LogP contribution in [0.15, 0.2) is 30.5 Å². The zero-order valence-corrected chi connectivity index (χ0v) is 7.62. The van der Waals surface area contributed by atoms with Gasteiger partial charge in [-0.3, -0.25) is 0 Å². The molecule has 1 aromatic heterocycles. The van der Waals surface area contributed by atoms with Gasteiger partial charge in [0.05, 0.1) is 6.54 Å². The van der Waals surface area contributed by atoms with E-state index in [1.165, 1.54) is 16.5 Å². The molecule has 13 heavy (non-hydrogen) atoms. The van der Waals surface area contributed by atoms with Crippen LogP contribution in [0, 0.1) is 19.3 Å². The normalized spacial score (nSPS) is 10.2. The molecule has 0 atom stereocenters. The largest absolute Gasteiger partial charge is 0.336 e. The molecule has 1 heterocycles. The Bertz CT molecular complexity index is 471. The molecule has 1 nitrogen and oxygen atoms in total. The van der Waals surface area contributed by atoms with E-state index in [0.29, 0.717) is 6.54 Å². The first-order valence-electron chi connectivity index (χ1n) is 4.30. The average Bonchev–Trinajstić information content (AvgIpc) is 2.49. The summed E-state index contributed by atoms with van der Waals surface area (Å²) < 4.78 is 2.08. The molecule has 0 fully saturated rings. The smallest absolute Gasteiger partial charge is 0.0834 e. The van der Waals surface area contributed by atoms with E-state index in [0.717, 1.165) is 0 Å². The molecular weight excluding hydrogens is 158 g/mol. The van der Waals surface area contributed by atoms with Crippen molar-refractivity contribution in [3.05, 3.63) is 36.0 Å². The zero-order chi connectivity index (χ0) is 9.26. The van der Waals surface area contributed by atoms with E-state index in [4.69, 9.17) is 6.42 Å². The van der Waals surface area contributed by atoms with Gasteiger partial charge < -0.3 is 4.57 Å². The summed E-state index contributed by atoms with van der Waals surface area (Å²) in [5.41, 5.74) is 2.49. The molecule has 0 unspecified atom stereocenters. The number of aryl methyl sites for hydroxylation is 1. The maximum atomic E-state index is 5.27. The van der Waals surface area contributed by atoms with E-state index >= 15 is 0 Å². The minimum absolute atomic E-state index is 0.645. The van der Waals surface area contributed by atoms with Gasteiger partial charge in [-0.25, -0.2) is 0 Å². The van der Waals surface area contributed by atoms with E-state index in [-0.39, 0.29) is 0 Å². The summed E-state index contributed by atoms with van der Waals surface area (Å²) in [5.74, 6) is 2.64. The monoisotopic (exact) mass is 169 g/mol. The van der Waals surface area contributed by atoms with E-state index in [1.54, 1.807) is 0 Å². The fourth-order valence-corrected chi connectivity index (χ4v) is 1.56. The summed E-state index contributed by atoms with van der Waals surface area (Å²) in [6, 6.07) is 8.49. The summed E-state index contributed by atoms with van der Waals surface area (Å²) >= 11 is 0. The lowest BCUT2D eigenvalue weighted by Gasteiger charge is -1.99. The fourth-order valence-electron chi connectivity index (χ4n) is 1.56. The van der Waals surface area contributed by atoms with Crippen LogP contribution in [0.4, 0.5) is 0 Å². The topological polar surface area (TPSA) is 4.93 Å². The number of hydrogen-bond donors (Lipinski definition) is 0. The number of aromatic nitrogens is 1. The Morgan fingerprint density at radius 1 is 1.38 bits per heavy atom. The van der Waals surface area contributed by atoms with Gasteiger partial charge in [0.1, 0.15) is 0 Å². The van der Waals surface area contributed by atoms with E-state index in [2.05, 4.69) is 41.7 Å². The van der Waals surface area contributed by atoms with Gasteiger partial charge in [-0.05, 0) is 30.5 Å². The molecule has 0 aliphatic carbocycles. The lowest BCUT2D eigenvalue weighted by atomic mass is 10.2. The van der Waals surface area contributed by atoms with Gasteiger partial charge in [0.2, 0.25) is 0 Å². The van der Waals surface area contributed by atoms with Crippen LogP contribution in [0.3, 0.4) is 0 Å². The second-order valence-corrected chi connectivity index (χ2v) is 3.21. The second kappa shape index (κ2) is 2.99. The van der Waals surface area contributed by atoms with Crippen molar-refractivity contribution in [3.63, 3.8) is 0 Å². The number of rotatable bonds is 1. The highest BCUT2D eigenvalue weighted by Crippen LogP contribution is 2.16. The molecule has 0 bridgehead atoms. The highest BCUT2D eigenvalue weighted by molar-refractivity contribution is 5.80. The first-order valence-corrected chi connectivity index (χ1v) is 4.30. The number of fused-ring (bicyclic) bond motifs is 1. The van der Waals surface area contributed by atoms with Gasteiger partial charge in [-0.15, -0.1) is 6.42 Å². The molecular formula is C12H11N. The van der Waals surface area contributed by atoms with Crippen LogP contribution in [0.5, 0.6) is 0 Å². The first-order chi connectivity index (χ1) is 6.31. The molecule has 0 saturated carbocycles. The molecule has 64 valence electrons. The maximum Gasteiger partial charge on any atom is 0.0834 e. The predicted molar refractivity (Wildman–Crippen MR) is 55.5 cm³/mol. The van der Waals surface area contributed by atoms with Gasteiger partial charge in [0, 0.05) is 11.7 Å². The number of terminal acetylenes is 1. The first kappa shape index (κ1) is 7.94. The van der Waals surface area contributed by atoms with Gasteiger partial charge in [-0.1, -0.05) is 17.6 Å². The van der Waals surface area contributed by atoms with Crippen molar-refractivity contribution in [3.8, 4) is 12.3 Å². The fraction of sp³-hybridized carbons (Fsp3) is 0.167. The van der Waals surface area contributed by atoms with Crippen LogP contribution in [-0.2, 0) is 6.54 Å². The molecule has 0 N–H and O–H groups in total. The van der Waals surface area contributed by atoms with Crippen molar-refractivity contribution in [1.29, 1.82) is 0 Å². The highest BCUT2D eigenvalue weighted by Gasteiger charge is 1.98. The second-order valence-electron chi connectivity index (χ2n) is 3.21. The van der Waals surface area contributed by atoms with Crippen LogP contribution in [0.1, 0.15) is 5.56 Å². The minimum atomic E-state index is 0.645. The Morgan fingerprint density at radius 2 is 2.23 bits per heavy atom. The van der Waals surface area contributed by atoms with Crippen LogP contribution in [0.2, 0.25) is 0 Å². The summed E-state index contributed by atoms with van der Waals surface area (Å²) in [4.78, 5) is 0. The number of benzene rings is 1. The van der Waals surface area contributed by atoms with E-state index in [1.807, 2.05) is 6.20 Å². The number of nitrogens with zero attached hydrogens (tertiary/aromatic N) is 1. The SMILES string of the molecule is C#CCn1ccc2cc(C)ccc21. The van der Waals surface area contributed by atoms with Crippen molar-refractivity contribution in [1.82, 2.24) is 4.57 Å². The lowest BCUT2D eigenvalue weighted by Crippen LogP contribution is -1.91. The maximum absolute atomic E-state index is 5.27. The Balaban J connectivity index is 2.63. The molecule has 2 aromatic rings. The zero-order valence-electron chi connectivity index (χ0n) is 7.62. The van der Waals surface area contributed by atoms with Crippen LogP contribution < -0.4 is 0 Å². The molecule has 0 radical (unpaired) electrons. The lowest BCUT2D eigenvalue weighted by molar-refractivity contribution is 0.886. The molecule has 2 rings (SSSR count). The Labute approximate surface area is 78.0 Å². The predicted octanol–water partition coefficient (Wildman–Crippen LogP) is 2.58. The van der Waals surface area contributed by atoms with Crippen molar-refractivity contribution in [2.75, 3.05) is 0 Å².